The number of amides is 3. The van der Waals surface area contributed by atoms with Crippen molar-refractivity contribution in [2.75, 3.05) is 33.2 Å². The van der Waals surface area contributed by atoms with Crippen LogP contribution in [-0.4, -0.2) is 85.3 Å². The number of pyridine rings is 2. The van der Waals surface area contributed by atoms with E-state index in [1.54, 1.807) is 47.5 Å². The largest absolute Gasteiger partial charge is 0.354 e. The van der Waals surface area contributed by atoms with Gasteiger partial charge in [0.1, 0.15) is 11.3 Å². The van der Waals surface area contributed by atoms with Crippen molar-refractivity contribution in [2.24, 2.45) is 5.92 Å². The number of rotatable bonds is 3. The minimum Gasteiger partial charge on any atom is -0.354 e. The fraction of sp³-hybridized carbons (Fsp3) is 0.423. The number of carbonyl (C=O) groups excluding carboxylic acids is 3. The summed E-state index contributed by atoms with van der Waals surface area (Å²) in [7, 11) is 1.60. The first kappa shape index (κ1) is 25.3. The molecule has 1 saturated heterocycles. The Hall–Kier alpha value is -4.35. The van der Waals surface area contributed by atoms with E-state index in [0.717, 1.165) is 5.56 Å². The Bertz CT molecular complexity index is 1390. The molecule has 38 heavy (non-hydrogen) atoms. The van der Waals surface area contributed by atoms with Crippen LogP contribution in [0.3, 0.4) is 0 Å². The summed E-state index contributed by atoms with van der Waals surface area (Å²) in [5.74, 6) is -0.729. The summed E-state index contributed by atoms with van der Waals surface area (Å²) in [6, 6.07) is 6.71. The third kappa shape index (κ3) is 5.48. The monoisotopic (exact) mass is 518 g/mol. The number of hydrogen-bond donors (Lipinski definition) is 1. The number of carbonyl (C=O) groups is 3. The summed E-state index contributed by atoms with van der Waals surface area (Å²) in [6.45, 7) is 1.50. The highest BCUT2D eigenvalue weighted by Crippen LogP contribution is 2.31. The highest BCUT2D eigenvalue weighted by molar-refractivity contribution is 5.93. The number of fused-ring (bicyclic) bond motifs is 6. The zero-order valence-corrected chi connectivity index (χ0v) is 21.2. The Balaban J connectivity index is 1.38. The van der Waals surface area contributed by atoms with Gasteiger partial charge in [-0.2, -0.15) is 0 Å². The maximum absolute atomic E-state index is 13.1. The number of hydrogen-bond acceptors (Lipinski definition) is 7. The van der Waals surface area contributed by atoms with Crippen molar-refractivity contribution in [1.82, 2.24) is 39.7 Å². The molecule has 2 aliphatic rings. The molecular weight excluding hydrogens is 488 g/mol. The highest BCUT2D eigenvalue weighted by atomic mass is 16.2. The first-order chi connectivity index (χ1) is 18.4. The highest BCUT2D eigenvalue weighted by Gasteiger charge is 2.38. The van der Waals surface area contributed by atoms with Gasteiger partial charge in [-0.1, -0.05) is 11.3 Å². The molecule has 4 bridgehead atoms. The third-order valence-electron chi connectivity index (χ3n) is 7.15. The Morgan fingerprint density at radius 2 is 2.03 bits per heavy atom. The molecule has 0 aliphatic carbocycles. The van der Waals surface area contributed by atoms with E-state index < -0.39 is 11.5 Å². The fourth-order valence-electron chi connectivity index (χ4n) is 5.04. The lowest BCUT2D eigenvalue weighted by Gasteiger charge is -2.20. The third-order valence-corrected chi connectivity index (χ3v) is 7.15. The molecule has 5 heterocycles. The van der Waals surface area contributed by atoms with Gasteiger partial charge in [0.25, 0.3) is 11.5 Å². The van der Waals surface area contributed by atoms with E-state index in [4.69, 9.17) is 0 Å². The average molecular weight is 519 g/mol. The molecule has 1 fully saturated rings. The zero-order chi connectivity index (χ0) is 26.6. The molecule has 3 aromatic heterocycles. The molecule has 0 aromatic carbocycles. The molecule has 198 valence electrons. The van der Waals surface area contributed by atoms with Gasteiger partial charge < -0.3 is 19.7 Å². The summed E-state index contributed by atoms with van der Waals surface area (Å²) in [5, 5.41) is 11.4. The minimum absolute atomic E-state index is 0.0106. The Morgan fingerprint density at radius 3 is 2.84 bits per heavy atom. The van der Waals surface area contributed by atoms with Crippen LogP contribution >= 0.6 is 0 Å². The number of aryl methyl sites for hydroxylation is 1. The first-order valence-corrected chi connectivity index (χ1v) is 12.7. The average Bonchev–Trinajstić information content (AvgIpc) is 3.55. The quantitative estimate of drug-likeness (QED) is 0.520. The molecule has 1 N–H and O–H groups in total. The van der Waals surface area contributed by atoms with Gasteiger partial charge in [0.15, 0.2) is 0 Å². The SMILES string of the molecule is CN1CCNC(=O)C[C@H]2CN(C(=O)CCc3cccnc3)C[C@H]2n2cc(nn2)Cn2cccc(c2=O)C1=O. The van der Waals surface area contributed by atoms with E-state index >= 15 is 0 Å². The Morgan fingerprint density at radius 1 is 1.16 bits per heavy atom. The summed E-state index contributed by atoms with van der Waals surface area (Å²) in [6.07, 6.45) is 7.97. The second-order valence-electron chi connectivity index (χ2n) is 9.81. The molecule has 0 radical (unpaired) electrons. The van der Waals surface area contributed by atoms with Crippen molar-refractivity contribution in [1.29, 1.82) is 0 Å². The van der Waals surface area contributed by atoms with Gasteiger partial charge in [0.05, 0.1) is 18.8 Å². The summed E-state index contributed by atoms with van der Waals surface area (Å²) in [5.41, 5.74) is 1.17. The summed E-state index contributed by atoms with van der Waals surface area (Å²) >= 11 is 0. The van der Waals surface area contributed by atoms with E-state index in [-0.39, 0.29) is 55.4 Å². The molecule has 2 atom stereocenters. The van der Waals surface area contributed by atoms with Gasteiger partial charge in [-0.3, -0.25) is 24.2 Å². The Kier molecular flexibility index (Phi) is 7.29. The zero-order valence-electron chi connectivity index (χ0n) is 21.2. The van der Waals surface area contributed by atoms with Crippen LogP contribution in [-0.2, 0) is 22.6 Å². The van der Waals surface area contributed by atoms with Crippen LogP contribution in [0, 0.1) is 5.92 Å². The van der Waals surface area contributed by atoms with Crippen molar-refractivity contribution >= 4 is 17.7 Å². The van der Waals surface area contributed by atoms with Crippen molar-refractivity contribution < 1.29 is 14.4 Å². The van der Waals surface area contributed by atoms with E-state index in [1.165, 1.54) is 15.5 Å². The van der Waals surface area contributed by atoms with Crippen molar-refractivity contribution in [2.45, 2.75) is 31.8 Å². The number of aromatic nitrogens is 5. The molecule has 3 amide bonds. The lowest BCUT2D eigenvalue weighted by molar-refractivity contribution is -0.130. The molecule has 0 saturated carbocycles. The van der Waals surface area contributed by atoms with Gasteiger partial charge in [-0.25, -0.2) is 4.68 Å². The fourth-order valence-corrected chi connectivity index (χ4v) is 5.04. The topological polar surface area (TPSA) is 135 Å². The van der Waals surface area contributed by atoms with Crippen LogP contribution in [0.15, 0.2) is 53.8 Å². The smallest absolute Gasteiger partial charge is 0.263 e. The maximum Gasteiger partial charge on any atom is 0.263 e. The lowest BCUT2D eigenvalue weighted by atomic mass is 9.99. The van der Waals surface area contributed by atoms with Crippen molar-refractivity contribution in [3.63, 3.8) is 0 Å². The van der Waals surface area contributed by atoms with Gasteiger partial charge in [-0.05, 0) is 30.2 Å². The van der Waals surface area contributed by atoms with Crippen LogP contribution in [0.25, 0.3) is 0 Å². The van der Waals surface area contributed by atoms with Crippen molar-refractivity contribution in [3.05, 3.63) is 76.2 Å². The van der Waals surface area contributed by atoms with Gasteiger partial charge in [0, 0.05) is 70.6 Å². The van der Waals surface area contributed by atoms with E-state index in [1.807, 2.05) is 12.1 Å². The van der Waals surface area contributed by atoms with E-state index in [0.29, 0.717) is 31.6 Å². The standard InChI is InChI=1S/C26H30N8O4/c1-31-11-9-28-23(35)12-19-14-33(24(36)7-6-18-4-2-8-27-13-18)17-22(19)34-16-20(29-30-34)15-32-10-3-5-21(25(31)37)26(32)38/h2-5,8,10,13,16,19,22H,6-7,9,11-12,14-15,17H2,1H3,(H,28,35)/t19-,22+/m0/s1. The van der Waals surface area contributed by atoms with Crippen LogP contribution < -0.4 is 10.9 Å². The molecule has 0 spiro atoms. The molecule has 3 aromatic rings. The molecule has 0 unspecified atom stereocenters. The number of nitrogens with zero attached hydrogens (tertiary/aromatic N) is 7. The predicted molar refractivity (Wildman–Crippen MR) is 136 cm³/mol. The first-order valence-electron chi connectivity index (χ1n) is 12.7. The van der Waals surface area contributed by atoms with Gasteiger partial charge in [0.2, 0.25) is 11.8 Å². The Labute approximate surface area is 219 Å². The lowest BCUT2D eigenvalue weighted by Crippen LogP contribution is -2.39. The summed E-state index contributed by atoms with van der Waals surface area (Å²) < 4.78 is 3.13. The molecular formula is C26H30N8O4. The van der Waals surface area contributed by atoms with E-state index in [9.17, 15) is 19.2 Å². The van der Waals surface area contributed by atoms with Crippen LogP contribution in [0.2, 0.25) is 0 Å². The van der Waals surface area contributed by atoms with Gasteiger partial charge >= 0.3 is 0 Å². The second-order valence-corrected chi connectivity index (χ2v) is 9.81. The van der Waals surface area contributed by atoms with Gasteiger partial charge in [-0.15, -0.1) is 5.10 Å². The molecule has 12 heteroatoms. The van der Waals surface area contributed by atoms with Crippen molar-refractivity contribution in [3.8, 4) is 0 Å². The normalized spacial score (nSPS) is 20.2. The summed E-state index contributed by atoms with van der Waals surface area (Å²) in [4.78, 5) is 59.1. The molecule has 5 rings (SSSR count). The predicted octanol–water partition coefficient (Wildman–Crippen LogP) is 0.107. The maximum atomic E-state index is 13.1. The van der Waals surface area contributed by atoms with Crippen LogP contribution in [0.5, 0.6) is 0 Å². The number of likely N-dealkylation sites (N-methyl/N-ethyl adjacent to an activating group) is 1. The van der Waals surface area contributed by atoms with Crippen LogP contribution in [0.4, 0.5) is 0 Å². The second kappa shape index (κ2) is 11.0. The minimum atomic E-state index is -0.417. The molecule has 2 aliphatic heterocycles. The van der Waals surface area contributed by atoms with E-state index in [2.05, 4.69) is 20.6 Å². The number of likely N-dealkylation sites (tertiary alicyclic amines) is 1. The molecule has 12 nitrogen and oxygen atoms in total. The number of nitrogens with one attached hydrogen (secondary N) is 1. The van der Waals surface area contributed by atoms with Crippen LogP contribution in [0.1, 0.15) is 40.5 Å².